The fourth-order valence-electron chi connectivity index (χ4n) is 2.06. The highest BCUT2D eigenvalue weighted by Crippen LogP contribution is 2.20. The van der Waals surface area contributed by atoms with Crippen molar-refractivity contribution in [3.05, 3.63) is 29.1 Å². The third kappa shape index (κ3) is 3.24. The first-order valence-corrected chi connectivity index (χ1v) is 6.86. The molecule has 0 bridgehead atoms. The number of imide groups is 1. The molecule has 22 heavy (non-hydrogen) atoms. The predicted molar refractivity (Wildman–Crippen MR) is 76.6 cm³/mol. The lowest BCUT2D eigenvalue weighted by Gasteiger charge is -2.29. The molecule has 0 spiro atoms. The number of rotatable bonds is 1. The van der Waals surface area contributed by atoms with Crippen molar-refractivity contribution in [1.29, 1.82) is 0 Å². The maximum Gasteiger partial charge on any atom is 0.417 e. The number of carbonyl (C=O) groups excluding carboxylic acids is 3. The standard InChI is InChI=1S/C15H18N2O5/c1-15(2,3)22-14(20)17-8-7-10-9(12(17)18)5-6-11(16-10)13(19)21-4/h5-6H,7-8H2,1-4H3. The van der Waals surface area contributed by atoms with E-state index in [0.29, 0.717) is 17.7 Å². The Labute approximate surface area is 128 Å². The van der Waals surface area contributed by atoms with Gasteiger partial charge in [-0.3, -0.25) is 4.79 Å². The summed E-state index contributed by atoms with van der Waals surface area (Å²) < 4.78 is 9.81. The fraction of sp³-hybridized carbons (Fsp3) is 0.467. The molecule has 1 aliphatic heterocycles. The smallest absolute Gasteiger partial charge is 0.417 e. The molecule has 0 aliphatic carbocycles. The molecule has 118 valence electrons. The molecule has 1 aromatic rings. The van der Waals surface area contributed by atoms with Crippen LogP contribution in [0.1, 0.15) is 47.3 Å². The van der Waals surface area contributed by atoms with Crippen LogP contribution < -0.4 is 0 Å². The maximum atomic E-state index is 12.4. The van der Waals surface area contributed by atoms with Gasteiger partial charge in [-0.05, 0) is 32.9 Å². The molecule has 0 aromatic carbocycles. The van der Waals surface area contributed by atoms with Gasteiger partial charge >= 0.3 is 12.1 Å². The second-order valence-electron chi connectivity index (χ2n) is 5.87. The van der Waals surface area contributed by atoms with Gasteiger partial charge in [0.15, 0.2) is 0 Å². The van der Waals surface area contributed by atoms with Crippen LogP contribution in [0, 0.1) is 0 Å². The van der Waals surface area contributed by atoms with E-state index in [-0.39, 0.29) is 12.2 Å². The summed E-state index contributed by atoms with van der Waals surface area (Å²) in [6.45, 7) is 5.37. The van der Waals surface area contributed by atoms with Crippen LogP contribution in [0.25, 0.3) is 0 Å². The van der Waals surface area contributed by atoms with Crippen LogP contribution >= 0.6 is 0 Å². The highest BCUT2D eigenvalue weighted by molar-refractivity contribution is 6.05. The van der Waals surface area contributed by atoms with E-state index in [1.807, 2.05) is 0 Å². The molecule has 0 unspecified atom stereocenters. The van der Waals surface area contributed by atoms with E-state index in [9.17, 15) is 14.4 Å². The molecule has 2 heterocycles. The average molecular weight is 306 g/mol. The Balaban J connectivity index is 2.24. The van der Waals surface area contributed by atoms with Crippen molar-refractivity contribution in [2.45, 2.75) is 32.8 Å². The third-order valence-corrected chi connectivity index (χ3v) is 3.03. The lowest BCUT2D eigenvalue weighted by molar-refractivity contribution is 0.0231. The third-order valence-electron chi connectivity index (χ3n) is 3.03. The summed E-state index contributed by atoms with van der Waals surface area (Å²) in [6, 6.07) is 2.88. The Morgan fingerprint density at radius 2 is 1.95 bits per heavy atom. The molecule has 1 aromatic heterocycles. The van der Waals surface area contributed by atoms with Gasteiger partial charge in [0.2, 0.25) is 0 Å². The van der Waals surface area contributed by atoms with Crippen molar-refractivity contribution in [2.75, 3.05) is 13.7 Å². The molecule has 2 rings (SSSR count). The van der Waals surface area contributed by atoms with Crippen molar-refractivity contribution in [3.8, 4) is 0 Å². The van der Waals surface area contributed by atoms with Gasteiger partial charge in [0.05, 0.1) is 18.4 Å². The summed E-state index contributed by atoms with van der Waals surface area (Å²) in [4.78, 5) is 41.0. The summed E-state index contributed by atoms with van der Waals surface area (Å²) in [5.74, 6) is -1.04. The number of carbonyl (C=O) groups is 3. The molecule has 0 atom stereocenters. The molecular formula is C15H18N2O5. The van der Waals surface area contributed by atoms with Gasteiger partial charge in [0, 0.05) is 13.0 Å². The minimum Gasteiger partial charge on any atom is -0.464 e. The average Bonchev–Trinajstić information content (AvgIpc) is 2.44. The number of hydrogen-bond acceptors (Lipinski definition) is 6. The van der Waals surface area contributed by atoms with Crippen LogP contribution in [-0.2, 0) is 15.9 Å². The first kappa shape index (κ1) is 15.9. The lowest BCUT2D eigenvalue weighted by Crippen LogP contribution is -2.45. The van der Waals surface area contributed by atoms with Crippen molar-refractivity contribution in [1.82, 2.24) is 9.88 Å². The summed E-state index contributed by atoms with van der Waals surface area (Å²) in [5.41, 5.74) is 0.238. The Bertz CT molecular complexity index is 633. The van der Waals surface area contributed by atoms with E-state index >= 15 is 0 Å². The van der Waals surface area contributed by atoms with E-state index < -0.39 is 23.6 Å². The van der Waals surface area contributed by atoms with Gasteiger partial charge in [-0.15, -0.1) is 0 Å². The SMILES string of the molecule is COC(=O)c1ccc2c(n1)CCN(C(=O)OC(C)(C)C)C2=O. The Morgan fingerprint density at radius 3 is 2.55 bits per heavy atom. The highest BCUT2D eigenvalue weighted by Gasteiger charge is 2.33. The van der Waals surface area contributed by atoms with Crippen molar-refractivity contribution < 1.29 is 23.9 Å². The molecule has 0 radical (unpaired) electrons. The van der Waals surface area contributed by atoms with Crippen LogP contribution in [0.2, 0.25) is 0 Å². The van der Waals surface area contributed by atoms with Crippen molar-refractivity contribution in [3.63, 3.8) is 0 Å². The van der Waals surface area contributed by atoms with Crippen LogP contribution in [0.4, 0.5) is 4.79 Å². The number of hydrogen-bond donors (Lipinski definition) is 0. The van der Waals surface area contributed by atoms with E-state index in [4.69, 9.17) is 4.74 Å². The molecule has 0 N–H and O–H groups in total. The molecule has 0 saturated carbocycles. The predicted octanol–water partition coefficient (Wildman–Crippen LogP) is 1.80. The molecule has 1 aliphatic rings. The quantitative estimate of drug-likeness (QED) is 0.735. The van der Waals surface area contributed by atoms with Gasteiger partial charge < -0.3 is 9.47 Å². The fourth-order valence-corrected chi connectivity index (χ4v) is 2.06. The number of esters is 1. The number of pyridine rings is 1. The largest absolute Gasteiger partial charge is 0.464 e. The molecule has 7 nitrogen and oxygen atoms in total. The van der Waals surface area contributed by atoms with Crippen LogP contribution in [0.5, 0.6) is 0 Å². The normalized spacial score (nSPS) is 14.4. The van der Waals surface area contributed by atoms with E-state index in [2.05, 4.69) is 9.72 Å². The topological polar surface area (TPSA) is 85.8 Å². The second-order valence-corrected chi connectivity index (χ2v) is 5.87. The highest BCUT2D eigenvalue weighted by atomic mass is 16.6. The molecule has 0 fully saturated rings. The lowest BCUT2D eigenvalue weighted by atomic mass is 10.0. The molecule has 0 saturated heterocycles. The second kappa shape index (κ2) is 5.75. The number of methoxy groups -OCH3 is 1. The number of fused-ring (bicyclic) bond motifs is 1. The van der Waals surface area contributed by atoms with Crippen LogP contribution in [-0.4, -0.2) is 47.1 Å². The number of ether oxygens (including phenoxy) is 2. The van der Waals surface area contributed by atoms with E-state index in [1.54, 1.807) is 20.8 Å². The summed E-state index contributed by atoms with van der Waals surface area (Å²) in [5, 5.41) is 0. The Morgan fingerprint density at radius 1 is 1.27 bits per heavy atom. The van der Waals surface area contributed by atoms with Gasteiger partial charge in [0.25, 0.3) is 5.91 Å². The van der Waals surface area contributed by atoms with Crippen LogP contribution in [0.15, 0.2) is 12.1 Å². The summed E-state index contributed by atoms with van der Waals surface area (Å²) in [6.07, 6.45) is -0.314. The zero-order chi connectivity index (χ0) is 16.5. The first-order chi connectivity index (χ1) is 10.2. The van der Waals surface area contributed by atoms with E-state index in [0.717, 1.165) is 4.90 Å². The zero-order valence-electron chi connectivity index (χ0n) is 13.0. The van der Waals surface area contributed by atoms with Crippen LogP contribution in [0.3, 0.4) is 0 Å². The molecule has 7 heteroatoms. The number of amides is 2. The Kier molecular flexibility index (Phi) is 4.16. The van der Waals surface area contributed by atoms with Gasteiger partial charge in [-0.1, -0.05) is 0 Å². The maximum absolute atomic E-state index is 12.4. The Hall–Kier alpha value is -2.44. The van der Waals surface area contributed by atoms with Gasteiger partial charge in [0.1, 0.15) is 11.3 Å². The minimum absolute atomic E-state index is 0.139. The zero-order valence-corrected chi connectivity index (χ0v) is 13.0. The van der Waals surface area contributed by atoms with E-state index in [1.165, 1.54) is 19.2 Å². The van der Waals surface area contributed by atoms with Crippen molar-refractivity contribution in [2.24, 2.45) is 0 Å². The number of aromatic nitrogens is 1. The van der Waals surface area contributed by atoms with Gasteiger partial charge in [-0.2, -0.15) is 0 Å². The summed E-state index contributed by atoms with van der Waals surface area (Å²) >= 11 is 0. The first-order valence-electron chi connectivity index (χ1n) is 6.86. The molecule has 2 amide bonds. The van der Waals surface area contributed by atoms with Gasteiger partial charge in [-0.25, -0.2) is 19.5 Å². The minimum atomic E-state index is -0.680. The molecular weight excluding hydrogens is 288 g/mol. The summed E-state index contributed by atoms with van der Waals surface area (Å²) in [7, 11) is 1.26. The monoisotopic (exact) mass is 306 g/mol. The number of nitrogens with zero attached hydrogens (tertiary/aromatic N) is 2. The van der Waals surface area contributed by atoms with Crippen molar-refractivity contribution >= 4 is 18.0 Å².